The molecule has 4 amide bonds. The standard InChI is InChI=1S/C53H86N4O40/c1-14(64)54-27-18(68)5-51(48(81)82,93-40(27)31(73)21(71)8-58)92-25(12-62)35(77)42-29(56-16(3)66)20(70)7-53(95-42,50(85)86)97-44-36(78)45(80)87-26(13-63)38(44)90-46-30(57-17(4)67)39(33(75)23(10-60)88-46)91-47-37(79)43(34(76)24(11-61)89-47)96-52(49(83)84)6-19(69)28(55-15(2)65)41(94-52)32(74)22(72)9-59/h18-47,58-63,68-80H,5-13H2,1-4H3,(H,54,64)(H,55,65)(H,56,66)(H,57,67)(H,81,82)(H,83,84)(H,85,86)/t18-,19-,20-,21+,22+,23+,24+,25+,26+,27+,28+,29+,30+,31+,32+,33-,34-,35+,36+,37+,38-,39+,40+,41+,42+,43-,44+,45+,46-,47-,51+,52-,53-/m0/s1. The number of carbonyl (C=O) groups is 7. The molecule has 6 saturated heterocycles. The van der Waals surface area contributed by atoms with E-state index in [0.29, 0.717) is 0 Å². The zero-order valence-electron chi connectivity index (χ0n) is 51.9. The summed E-state index contributed by atoms with van der Waals surface area (Å²) in [4.78, 5) is 90.3. The van der Waals surface area contributed by atoms with E-state index in [1.807, 2.05) is 0 Å². The molecule has 33 atom stereocenters. The number of carbonyl (C=O) groups excluding carboxylic acids is 4. The Morgan fingerprint density at radius 3 is 1.18 bits per heavy atom. The maximum absolute atomic E-state index is 13.8. The molecule has 6 heterocycles. The Bertz CT molecular complexity index is 2680. The van der Waals surface area contributed by atoms with Crippen molar-refractivity contribution in [2.24, 2.45) is 0 Å². The summed E-state index contributed by atoms with van der Waals surface area (Å²) in [6.45, 7) is -4.23. The maximum Gasteiger partial charge on any atom is 0.364 e. The molecule has 44 nitrogen and oxygen atoms in total. The number of carboxylic acids is 3. The fraction of sp³-hybridized carbons (Fsp3) is 0.868. The second-order valence-corrected chi connectivity index (χ2v) is 24.0. The monoisotopic (exact) mass is 1420 g/mol. The molecule has 0 unspecified atom stereocenters. The summed E-state index contributed by atoms with van der Waals surface area (Å²) in [5, 5.41) is 250. The largest absolute Gasteiger partial charge is 0.477 e. The van der Waals surface area contributed by atoms with Crippen LogP contribution in [-0.4, -0.2) is 394 Å². The van der Waals surface area contributed by atoms with E-state index >= 15 is 0 Å². The van der Waals surface area contributed by atoms with Crippen LogP contribution in [0.4, 0.5) is 0 Å². The van der Waals surface area contributed by atoms with Gasteiger partial charge in [0.1, 0.15) is 128 Å². The molecule has 0 radical (unpaired) electrons. The Hall–Kier alpha value is -4.91. The van der Waals surface area contributed by atoms with Crippen LogP contribution in [0.15, 0.2) is 0 Å². The van der Waals surface area contributed by atoms with E-state index in [1.165, 1.54) is 0 Å². The molecular formula is C53H86N4O40. The van der Waals surface area contributed by atoms with Gasteiger partial charge in [-0.3, -0.25) is 19.2 Å². The van der Waals surface area contributed by atoms with Crippen molar-refractivity contribution in [1.82, 2.24) is 21.3 Å². The number of carboxylic acid groups (broad SMARTS) is 3. The number of hydrogen-bond donors (Lipinski definition) is 26. The number of hydrogen-bond acceptors (Lipinski definition) is 37. The molecule has 97 heavy (non-hydrogen) atoms. The highest BCUT2D eigenvalue weighted by Crippen LogP contribution is 2.43. The van der Waals surface area contributed by atoms with Crippen molar-refractivity contribution in [2.75, 3.05) is 39.6 Å². The highest BCUT2D eigenvalue weighted by Gasteiger charge is 2.65. The Labute approximate surface area is 547 Å². The molecule has 0 saturated carbocycles. The predicted molar refractivity (Wildman–Crippen MR) is 297 cm³/mol. The minimum Gasteiger partial charge on any atom is -0.477 e. The lowest BCUT2D eigenvalue weighted by Crippen LogP contribution is -2.72. The van der Waals surface area contributed by atoms with Crippen LogP contribution >= 0.6 is 0 Å². The zero-order chi connectivity index (χ0) is 72.8. The molecule has 558 valence electrons. The lowest BCUT2D eigenvalue weighted by atomic mass is 9.87. The van der Waals surface area contributed by atoms with Crippen molar-refractivity contribution in [3.63, 3.8) is 0 Å². The number of ether oxygens (including phenoxy) is 11. The Balaban J connectivity index is 1.37. The van der Waals surface area contributed by atoms with Crippen LogP contribution in [-0.2, 0) is 85.7 Å². The smallest absolute Gasteiger partial charge is 0.364 e. The van der Waals surface area contributed by atoms with Crippen molar-refractivity contribution < 1.29 is 198 Å². The summed E-state index contributed by atoms with van der Waals surface area (Å²) >= 11 is 0. The third kappa shape index (κ3) is 17.7. The van der Waals surface area contributed by atoms with Crippen LogP contribution in [0.25, 0.3) is 0 Å². The van der Waals surface area contributed by atoms with Gasteiger partial charge in [-0.1, -0.05) is 0 Å². The number of nitrogens with one attached hydrogen (secondary N) is 4. The lowest BCUT2D eigenvalue weighted by molar-refractivity contribution is -0.395. The summed E-state index contributed by atoms with van der Waals surface area (Å²) < 4.78 is 63.4. The van der Waals surface area contributed by atoms with Crippen molar-refractivity contribution in [1.29, 1.82) is 0 Å². The van der Waals surface area contributed by atoms with Crippen molar-refractivity contribution in [2.45, 2.75) is 248 Å². The molecule has 6 aliphatic rings. The van der Waals surface area contributed by atoms with Gasteiger partial charge in [-0.2, -0.15) is 0 Å². The third-order valence-electron chi connectivity index (χ3n) is 17.0. The van der Waals surface area contributed by atoms with Crippen LogP contribution in [0.2, 0.25) is 0 Å². The summed E-state index contributed by atoms with van der Waals surface area (Å²) in [7, 11) is 0. The van der Waals surface area contributed by atoms with Gasteiger partial charge in [0.25, 0.3) is 17.4 Å². The van der Waals surface area contributed by atoms with Gasteiger partial charge in [-0.15, -0.1) is 0 Å². The van der Waals surface area contributed by atoms with E-state index in [9.17, 15) is 146 Å². The fourth-order valence-electron chi connectivity index (χ4n) is 12.2. The minimum atomic E-state index is -3.59. The van der Waals surface area contributed by atoms with Gasteiger partial charge in [0.2, 0.25) is 23.6 Å². The number of amides is 4. The summed E-state index contributed by atoms with van der Waals surface area (Å²) in [5.74, 6) is -20.9. The average molecular weight is 1420 g/mol. The molecule has 44 heteroatoms. The SMILES string of the molecule is CC(=O)N[C@H]1[C@H](O[C@@H]2[C@H](O[C@]3(C(=O)O)C[C@H](O)[C@@H](NC(C)=O)[C@H]([C@H](O)[C@@H](CO)O[C@]4(C(=O)O)C[C@H](O)[C@@H](NC(C)=O)[C@H]([C@H](O)[C@H](O)CO)O4)O3)[C@@H](O)[C@H](O)O[C@@H]2CO)O[C@H](CO)[C@H](O)[C@@H]1O[C@@H]1O[C@H](CO)[C@H](O)[C@H](O[C@]2(C(=O)O)C[C@H](O)[C@@H](NC(C)=O)[C@H]([C@H](O)[C@H](O)CO)O2)[C@H]1O. The van der Waals surface area contributed by atoms with Crippen LogP contribution < -0.4 is 21.3 Å². The predicted octanol–water partition coefficient (Wildman–Crippen LogP) is -15.9. The van der Waals surface area contributed by atoms with E-state index in [1.54, 1.807) is 0 Å². The number of aliphatic hydroxyl groups excluding tert-OH is 19. The molecule has 26 N–H and O–H groups in total. The molecule has 0 aromatic carbocycles. The number of rotatable bonds is 29. The first-order valence-electron chi connectivity index (χ1n) is 30.0. The fourth-order valence-corrected chi connectivity index (χ4v) is 12.2. The molecule has 0 bridgehead atoms. The van der Waals surface area contributed by atoms with E-state index < -0.39 is 301 Å². The Morgan fingerprint density at radius 1 is 0.423 bits per heavy atom. The van der Waals surface area contributed by atoms with Gasteiger partial charge in [-0.05, 0) is 0 Å². The number of aliphatic hydroxyl groups is 19. The van der Waals surface area contributed by atoms with Crippen LogP contribution in [0.1, 0.15) is 47.0 Å². The Morgan fingerprint density at radius 2 is 0.784 bits per heavy atom. The second-order valence-electron chi connectivity index (χ2n) is 24.0. The highest BCUT2D eigenvalue weighted by molar-refractivity contribution is 5.78. The van der Waals surface area contributed by atoms with Gasteiger partial charge < -0.3 is 186 Å². The summed E-state index contributed by atoms with van der Waals surface area (Å²) in [5.41, 5.74) is 0. The minimum absolute atomic E-state index is 0.846. The molecule has 0 spiro atoms. The van der Waals surface area contributed by atoms with Crippen LogP contribution in [0.3, 0.4) is 0 Å². The second kappa shape index (κ2) is 33.7. The van der Waals surface area contributed by atoms with Gasteiger partial charge in [0.15, 0.2) is 18.9 Å². The summed E-state index contributed by atoms with van der Waals surface area (Å²) in [6, 6.07) is -7.71. The first kappa shape index (κ1) is 81.1. The van der Waals surface area contributed by atoms with Crippen molar-refractivity contribution in [3.05, 3.63) is 0 Å². The molecule has 6 fully saturated rings. The van der Waals surface area contributed by atoms with E-state index in [0.717, 1.165) is 27.7 Å². The topological polar surface area (TPSA) is 714 Å². The van der Waals surface area contributed by atoms with E-state index in [-0.39, 0.29) is 0 Å². The van der Waals surface area contributed by atoms with Crippen molar-refractivity contribution >= 4 is 41.5 Å². The zero-order valence-corrected chi connectivity index (χ0v) is 51.9. The van der Waals surface area contributed by atoms with Crippen LogP contribution in [0, 0.1) is 0 Å². The maximum atomic E-state index is 13.8. The molecule has 0 aromatic rings. The van der Waals surface area contributed by atoms with Crippen LogP contribution in [0.5, 0.6) is 0 Å². The summed E-state index contributed by atoms with van der Waals surface area (Å²) in [6.07, 6.45) is -64.6. The molecule has 0 aromatic heterocycles. The molecule has 6 aliphatic heterocycles. The highest BCUT2D eigenvalue weighted by atomic mass is 16.8. The Kier molecular flexibility index (Phi) is 28.2. The van der Waals surface area contributed by atoms with E-state index in [2.05, 4.69) is 21.3 Å². The molecule has 0 aliphatic carbocycles. The van der Waals surface area contributed by atoms with Crippen molar-refractivity contribution in [3.8, 4) is 0 Å². The van der Waals surface area contributed by atoms with Gasteiger partial charge in [0.05, 0.1) is 76.1 Å². The lowest BCUT2D eigenvalue weighted by Gasteiger charge is -2.52. The number of aliphatic carboxylic acids is 3. The van der Waals surface area contributed by atoms with Gasteiger partial charge in [-0.25, -0.2) is 14.4 Å². The van der Waals surface area contributed by atoms with Gasteiger partial charge in [0, 0.05) is 47.0 Å². The third-order valence-corrected chi connectivity index (χ3v) is 17.0. The average Bonchev–Trinajstić information content (AvgIpc) is 0.760. The normalized spacial score (nSPS) is 42.1. The first-order chi connectivity index (χ1) is 45.4. The van der Waals surface area contributed by atoms with Gasteiger partial charge >= 0.3 is 17.9 Å². The first-order valence-corrected chi connectivity index (χ1v) is 30.0. The quantitative estimate of drug-likeness (QED) is 0.0331. The molecular weight excluding hydrogens is 1330 g/mol. The van der Waals surface area contributed by atoms with E-state index in [4.69, 9.17) is 52.1 Å². The molecule has 6 rings (SSSR count).